The van der Waals surface area contributed by atoms with Crippen LogP contribution in [0.2, 0.25) is 0 Å². The van der Waals surface area contributed by atoms with Crippen molar-refractivity contribution in [1.82, 2.24) is 0 Å². The lowest BCUT2D eigenvalue weighted by molar-refractivity contribution is -0.161. The van der Waals surface area contributed by atoms with Crippen molar-refractivity contribution in [2.24, 2.45) is 33.5 Å². The summed E-state index contributed by atoms with van der Waals surface area (Å²) in [6.07, 6.45) is 9.26. The zero-order valence-corrected chi connectivity index (χ0v) is 18.3. The third-order valence-corrected chi connectivity index (χ3v) is 9.10. The van der Waals surface area contributed by atoms with Gasteiger partial charge in [-0.15, -0.1) is 0 Å². The van der Waals surface area contributed by atoms with E-state index in [4.69, 9.17) is 9.47 Å². The van der Waals surface area contributed by atoms with Crippen molar-refractivity contribution in [3.05, 3.63) is 12.2 Å². The average molecular weight is 389 g/mol. The van der Waals surface area contributed by atoms with Crippen LogP contribution in [-0.4, -0.2) is 24.1 Å². The molecule has 6 atom stereocenters. The molecule has 0 heterocycles. The van der Waals surface area contributed by atoms with E-state index in [0.29, 0.717) is 11.8 Å². The van der Waals surface area contributed by atoms with E-state index in [1.165, 1.54) is 25.0 Å². The van der Waals surface area contributed by atoms with Gasteiger partial charge in [-0.1, -0.05) is 41.5 Å². The molecule has 0 radical (unpaired) electrons. The maximum atomic E-state index is 12.4. The van der Waals surface area contributed by atoms with E-state index in [-0.39, 0.29) is 33.9 Å². The van der Waals surface area contributed by atoms with E-state index in [9.17, 15) is 9.59 Å². The second kappa shape index (κ2) is 6.09. The highest BCUT2D eigenvalue weighted by molar-refractivity contribution is 5.91. The van der Waals surface area contributed by atoms with Gasteiger partial charge < -0.3 is 9.47 Å². The minimum absolute atomic E-state index is 0.00128. The van der Waals surface area contributed by atoms with E-state index in [1.807, 2.05) is 0 Å². The molecule has 4 fully saturated rings. The molecule has 28 heavy (non-hydrogen) atoms. The molecule has 4 nitrogen and oxygen atoms in total. The summed E-state index contributed by atoms with van der Waals surface area (Å²) in [5.41, 5.74) is 0.136. The third-order valence-electron chi connectivity index (χ3n) is 9.10. The SMILES string of the molecule is CC1(C)[C@H]2CC[C@](C)(C2)[C@@H]1OC(=O)/C=C/C(=O)O[C@@H]1C(C)(C)[C@H]2CC[C@]1(C)C2. The molecule has 4 bridgehead atoms. The van der Waals surface area contributed by atoms with Crippen molar-refractivity contribution in [2.75, 3.05) is 0 Å². The smallest absolute Gasteiger partial charge is 0.331 e. The molecule has 4 aliphatic carbocycles. The predicted molar refractivity (Wildman–Crippen MR) is 107 cm³/mol. The van der Waals surface area contributed by atoms with Crippen LogP contribution < -0.4 is 0 Å². The van der Waals surface area contributed by atoms with Gasteiger partial charge in [0.2, 0.25) is 0 Å². The van der Waals surface area contributed by atoms with Crippen molar-refractivity contribution < 1.29 is 19.1 Å². The zero-order valence-electron chi connectivity index (χ0n) is 18.3. The molecule has 0 amide bonds. The first-order valence-electron chi connectivity index (χ1n) is 11.0. The highest BCUT2D eigenvalue weighted by Crippen LogP contribution is 2.64. The van der Waals surface area contributed by atoms with Crippen molar-refractivity contribution >= 4 is 11.9 Å². The van der Waals surface area contributed by atoms with Gasteiger partial charge >= 0.3 is 11.9 Å². The Morgan fingerprint density at radius 1 is 0.714 bits per heavy atom. The fourth-order valence-corrected chi connectivity index (χ4v) is 7.55. The molecule has 0 aromatic heterocycles. The van der Waals surface area contributed by atoms with Crippen LogP contribution in [0.3, 0.4) is 0 Å². The molecule has 4 saturated carbocycles. The molecule has 4 rings (SSSR count). The van der Waals surface area contributed by atoms with E-state index in [0.717, 1.165) is 25.7 Å². The molecule has 0 saturated heterocycles. The number of hydrogen-bond acceptors (Lipinski definition) is 4. The highest BCUT2D eigenvalue weighted by Gasteiger charge is 2.62. The minimum atomic E-state index is -0.429. The molecular weight excluding hydrogens is 352 g/mol. The molecular formula is C24H36O4. The summed E-state index contributed by atoms with van der Waals surface area (Å²) in [6, 6.07) is 0. The first kappa shape index (κ1) is 20.0. The summed E-state index contributed by atoms with van der Waals surface area (Å²) in [5, 5.41) is 0. The van der Waals surface area contributed by atoms with E-state index >= 15 is 0 Å². The fraction of sp³-hybridized carbons (Fsp3) is 0.833. The van der Waals surface area contributed by atoms with Crippen LogP contribution in [-0.2, 0) is 19.1 Å². The van der Waals surface area contributed by atoms with Gasteiger partial charge in [-0.3, -0.25) is 0 Å². The van der Waals surface area contributed by atoms with Crippen LogP contribution in [0, 0.1) is 33.5 Å². The molecule has 156 valence electrons. The normalized spacial score (nSPS) is 44.9. The highest BCUT2D eigenvalue weighted by atomic mass is 16.6. The van der Waals surface area contributed by atoms with Crippen molar-refractivity contribution in [3.63, 3.8) is 0 Å². The lowest BCUT2D eigenvalue weighted by Gasteiger charge is -2.41. The van der Waals surface area contributed by atoms with Gasteiger partial charge in [-0.2, -0.15) is 0 Å². The zero-order chi connectivity index (χ0) is 20.5. The largest absolute Gasteiger partial charge is 0.458 e. The Morgan fingerprint density at radius 3 is 1.36 bits per heavy atom. The number of rotatable bonds is 4. The molecule has 0 N–H and O–H groups in total. The first-order chi connectivity index (χ1) is 12.9. The lowest BCUT2D eigenvalue weighted by atomic mass is 9.70. The van der Waals surface area contributed by atoms with Crippen LogP contribution in [0.5, 0.6) is 0 Å². The summed E-state index contributed by atoms with van der Waals surface area (Å²) in [7, 11) is 0. The summed E-state index contributed by atoms with van der Waals surface area (Å²) in [6.45, 7) is 13.3. The van der Waals surface area contributed by atoms with Crippen LogP contribution in [0.15, 0.2) is 12.2 Å². The van der Waals surface area contributed by atoms with Gasteiger partial charge in [0.05, 0.1) is 0 Å². The van der Waals surface area contributed by atoms with Gasteiger partial charge in [0.1, 0.15) is 12.2 Å². The Morgan fingerprint density at radius 2 is 1.07 bits per heavy atom. The van der Waals surface area contributed by atoms with Gasteiger partial charge in [0.25, 0.3) is 0 Å². The standard InChI is InChI=1S/C24H36O4/c1-21(2)15-9-11-23(5,13-15)19(21)27-17(25)7-8-18(26)28-20-22(3,4)16-10-12-24(20,6)14-16/h7-8,15-16,19-20H,9-14H2,1-6H3/b8-7+/t15-,16-,19+,20+,23+,24+/m0/s1. The summed E-state index contributed by atoms with van der Waals surface area (Å²) in [4.78, 5) is 24.9. The van der Waals surface area contributed by atoms with Crippen molar-refractivity contribution in [2.45, 2.75) is 92.3 Å². The second-order valence-electron chi connectivity index (χ2n) is 11.8. The monoisotopic (exact) mass is 388 g/mol. The van der Waals surface area contributed by atoms with Crippen molar-refractivity contribution in [1.29, 1.82) is 0 Å². The number of esters is 2. The Labute approximate surface area is 169 Å². The van der Waals surface area contributed by atoms with E-state index in [1.54, 1.807) is 0 Å². The van der Waals surface area contributed by atoms with Crippen LogP contribution in [0.25, 0.3) is 0 Å². The van der Waals surface area contributed by atoms with E-state index in [2.05, 4.69) is 41.5 Å². The molecule has 0 aliphatic heterocycles. The number of hydrogen-bond donors (Lipinski definition) is 0. The maximum Gasteiger partial charge on any atom is 0.331 e. The molecule has 0 unspecified atom stereocenters. The Hall–Kier alpha value is -1.32. The quantitative estimate of drug-likeness (QED) is 0.499. The number of carbonyl (C=O) groups excluding carboxylic acids is 2. The average Bonchev–Trinajstić information content (AvgIpc) is 3.27. The van der Waals surface area contributed by atoms with E-state index < -0.39 is 11.9 Å². The minimum Gasteiger partial charge on any atom is -0.458 e. The maximum absolute atomic E-state index is 12.4. The van der Waals surface area contributed by atoms with Gasteiger partial charge in [0, 0.05) is 33.8 Å². The Kier molecular flexibility index (Phi) is 4.34. The molecule has 0 aromatic carbocycles. The molecule has 0 aromatic rings. The van der Waals surface area contributed by atoms with Gasteiger partial charge in [0.15, 0.2) is 0 Å². The lowest BCUT2D eigenvalue weighted by Crippen LogP contribution is -2.43. The number of fused-ring (bicyclic) bond motifs is 4. The van der Waals surface area contributed by atoms with Crippen LogP contribution in [0.1, 0.15) is 80.1 Å². The van der Waals surface area contributed by atoms with Gasteiger partial charge in [-0.25, -0.2) is 9.59 Å². The van der Waals surface area contributed by atoms with Gasteiger partial charge in [-0.05, 0) is 50.4 Å². The first-order valence-corrected chi connectivity index (χ1v) is 11.0. The molecule has 0 spiro atoms. The predicted octanol–water partition coefficient (Wildman–Crippen LogP) is 5.06. The Bertz CT molecular complexity index is 651. The number of carbonyl (C=O) groups is 2. The second-order valence-corrected chi connectivity index (χ2v) is 11.8. The molecule has 4 aliphatic rings. The third kappa shape index (κ3) is 2.85. The van der Waals surface area contributed by atoms with Crippen LogP contribution >= 0.6 is 0 Å². The summed E-state index contributed by atoms with van der Waals surface area (Å²) in [5.74, 6) is 0.374. The topological polar surface area (TPSA) is 52.6 Å². The van der Waals surface area contributed by atoms with Crippen molar-refractivity contribution in [3.8, 4) is 0 Å². The number of ether oxygens (including phenoxy) is 2. The van der Waals surface area contributed by atoms with Crippen LogP contribution in [0.4, 0.5) is 0 Å². The summed E-state index contributed by atoms with van der Waals surface area (Å²) < 4.78 is 11.7. The molecule has 4 heteroatoms. The summed E-state index contributed by atoms with van der Waals surface area (Å²) >= 11 is 0. The Balaban J connectivity index is 1.37. The fourth-order valence-electron chi connectivity index (χ4n) is 7.55.